The first-order chi connectivity index (χ1) is 12.1. The zero-order chi connectivity index (χ0) is 17.4. The summed E-state index contributed by atoms with van der Waals surface area (Å²) in [6.07, 6.45) is 3.62. The van der Waals surface area contributed by atoms with Crippen molar-refractivity contribution < 1.29 is 13.6 Å². The number of rotatable bonds is 2. The monoisotopic (exact) mass is 342 g/mol. The van der Waals surface area contributed by atoms with E-state index in [2.05, 4.69) is 10.2 Å². The molecule has 1 amide bonds. The third kappa shape index (κ3) is 2.86. The van der Waals surface area contributed by atoms with Crippen LogP contribution in [0.1, 0.15) is 34.9 Å². The molecule has 1 saturated heterocycles. The number of likely N-dealkylation sites (tertiary alicyclic amines) is 1. The maximum absolute atomic E-state index is 13.4. The average Bonchev–Trinajstić information content (AvgIpc) is 3.08. The van der Waals surface area contributed by atoms with E-state index in [1.807, 2.05) is 28.8 Å². The van der Waals surface area contributed by atoms with Crippen LogP contribution in [-0.2, 0) is 0 Å². The fraction of sp³-hybridized carbons (Fsp3) is 0.278. The van der Waals surface area contributed by atoms with E-state index in [0.717, 1.165) is 36.4 Å². The van der Waals surface area contributed by atoms with Crippen molar-refractivity contribution in [3.8, 4) is 0 Å². The van der Waals surface area contributed by atoms with Gasteiger partial charge in [-0.25, -0.2) is 8.78 Å². The van der Waals surface area contributed by atoms with Gasteiger partial charge in [0.1, 0.15) is 5.82 Å². The van der Waals surface area contributed by atoms with E-state index in [-0.39, 0.29) is 17.4 Å². The Labute approximate surface area is 142 Å². The standard InChI is InChI=1S/C18H16F2N4O/c19-14-7-6-12(10-15(14)20)18(25)23-8-3-4-13(11-23)17-22-21-16-5-1-2-9-24(16)17/h1-2,5-7,9-10,13H,3-4,8,11H2/t13-/m0/s1. The van der Waals surface area contributed by atoms with Crippen molar-refractivity contribution in [3.63, 3.8) is 0 Å². The number of benzene rings is 1. The Morgan fingerprint density at radius 1 is 1.12 bits per heavy atom. The number of pyridine rings is 1. The van der Waals surface area contributed by atoms with Crippen molar-refractivity contribution in [1.82, 2.24) is 19.5 Å². The molecular formula is C18H16F2N4O. The highest BCUT2D eigenvalue weighted by atomic mass is 19.2. The predicted octanol–water partition coefficient (Wildman–Crippen LogP) is 3.03. The molecule has 3 heterocycles. The fourth-order valence-electron chi connectivity index (χ4n) is 3.32. The number of amides is 1. The number of nitrogens with zero attached hydrogens (tertiary/aromatic N) is 4. The zero-order valence-corrected chi connectivity index (χ0v) is 13.4. The molecule has 0 bridgehead atoms. The lowest BCUT2D eigenvalue weighted by Gasteiger charge is -2.32. The molecule has 2 aromatic heterocycles. The van der Waals surface area contributed by atoms with Gasteiger partial charge in [0, 0.05) is 30.8 Å². The maximum atomic E-state index is 13.4. The van der Waals surface area contributed by atoms with Crippen LogP contribution in [0.2, 0.25) is 0 Å². The molecule has 1 aliphatic heterocycles. The van der Waals surface area contributed by atoms with Crippen molar-refractivity contribution in [2.75, 3.05) is 13.1 Å². The van der Waals surface area contributed by atoms with Gasteiger partial charge in [-0.2, -0.15) is 0 Å². The van der Waals surface area contributed by atoms with Crippen molar-refractivity contribution >= 4 is 11.6 Å². The number of aromatic nitrogens is 3. The average molecular weight is 342 g/mol. The normalized spacial score (nSPS) is 17.8. The molecule has 7 heteroatoms. The van der Waals surface area contributed by atoms with Gasteiger partial charge >= 0.3 is 0 Å². The minimum Gasteiger partial charge on any atom is -0.338 e. The van der Waals surface area contributed by atoms with Gasteiger partial charge in [0.15, 0.2) is 17.3 Å². The second-order valence-electron chi connectivity index (χ2n) is 6.21. The first kappa shape index (κ1) is 15.7. The molecule has 0 spiro atoms. The quantitative estimate of drug-likeness (QED) is 0.719. The molecule has 128 valence electrons. The van der Waals surface area contributed by atoms with Crippen LogP contribution < -0.4 is 0 Å². The van der Waals surface area contributed by atoms with E-state index in [9.17, 15) is 13.6 Å². The van der Waals surface area contributed by atoms with Crippen LogP contribution in [0.4, 0.5) is 8.78 Å². The lowest BCUT2D eigenvalue weighted by Crippen LogP contribution is -2.39. The third-order valence-corrected chi connectivity index (χ3v) is 4.58. The van der Waals surface area contributed by atoms with Gasteiger partial charge < -0.3 is 4.90 Å². The van der Waals surface area contributed by atoms with Crippen LogP contribution in [0.15, 0.2) is 42.6 Å². The Morgan fingerprint density at radius 3 is 2.84 bits per heavy atom. The van der Waals surface area contributed by atoms with Crippen LogP contribution in [-0.4, -0.2) is 38.5 Å². The molecule has 0 saturated carbocycles. The highest BCUT2D eigenvalue weighted by Crippen LogP contribution is 2.27. The number of hydrogen-bond acceptors (Lipinski definition) is 3. The molecule has 3 aromatic rings. The van der Waals surface area contributed by atoms with Crippen LogP contribution in [0.3, 0.4) is 0 Å². The summed E-state index contributed by atoms with van der Waals surface area (Å²) in [4.78, 5) is 14.3. The molecule has 1 atom stereocenters. The number of piperidine rings is 1. The van der Waals surface area contributed by atoms with E-state index >= 15 is 0 Å². The summed E-state index contributed by atoms with van der Waals surface area (Å²) in [5.74, 6) is -1.39. The first-order valence-electron chi connectivity index (χ1n) is 8.17. The van der Waals surface area contributed by atoms with Crippen molar-refractivity contribution in [3.05, 3.63) is 65.6 Å². The Hall–Kier alpha value is -2.83. The van der Waals surface area contributed by atoms with Gasteiger partial charge in [0.05, 0.1) is 0 Å². The first-order valence-corrected chi connectivity index (χ1v) is 8.17. The highest BCUT2D eigenvalue weighted by molar-refractivity contribution is 5.94. The minimum atomic E-state index is -1.01. The molecule has 1 fully saturated rings. The van der Waals surface area contributed by atoms with E-state index in [0.29, 0.717) is 13.1 Å². The third-order valence-electron chi connectivity index (χ3n) is 4.58. The van der Waals surface area contributed by atoms with Gasteiger partial charge in [0.2, 0.25) is 0 Å². The van der Waals surface area contributed by atoms with Crippen molar-refractivity contribution in [1.29, 1.82) is 0 Å². The Kier molecular flexibility index (Phi) is 3.91. The van der Waals surface area contributed by atoms with Crippen LogP contribution in [0, 0.1) is 11.6 Å². The summed E-state index contributed by atoms with van der Waals surface area (Å²) in [5.41, 5.74) is 0.923. The summed E-state index contributed by atoms with van der Waals surface area (Å²) in [6, 6.07) is 8.94. The van der Waals surface area contributed by atoms with Gasteiger partial charge in [-0.05, 0) is 43.2 Å². The molecule has 0 unspecified atom stereocenters. The predicted molar refractivity (Wildman–Crippen MR) is 87.2 cm³/mol. The van der Waals surface area contributed by atoms with Crippen molar-refractivity contribution in [2.45, 2.75) is 18.8 Å². The summed E-state index contributed by atoms with van der Waals surface area (Å²) < 4.78 is 28.4. The molecule has 0 N–H and O–H groups in total. The molecule has 5 nitrogen and oxygen atoms in total. The van der Waals surface area contributed by atoms with Gasteiger partial charge in [0.25, 0.3) is 5.91 Å². The summed E-state index contributed by atoms with van der Waals surface area (Å²) in [6.45, 7) is 1.07. The van der Waals surface area contributed by atoms with Gasteiger partial charge in [-0.1, -0.05) is 6.07 Å². The second kappa shape index (κ2) is 6.23. The summed E-state index contributed by atoms with van der Waals surface area (Å²) in [5, 5.41) is 8.44. The topological polar surface area (TPSA) is 50.5 Å². The van der Waals surface area contributed by atoms with E-state index in [1.54, 1.807) is 4.90 Å². The van der Waals surface area contributed by atoms with Gasteiger partial charge in [-0.15, -0.1) is 10.2 Å². The van der Waals surface area contributed by atoms with Crippen LogP contribution in [0.5, 0.6) is 0 Å². The van der Waals surface area contributed by atoms with E-state index in [4.69, 9.17) is 0 Å². The lowest BCUT2D eigenvalue weighted by atomic mass is 9.96. The maximum Gasteiger partial charge on any atom is 0.253 e. The van der Waals surface area contributed by atoms with Crippen LogP contribution >= 0.6 is 0 Å². The van der Waals surface area contributed by atoms with Gasteiger partial charge in [-0.3, -0.25) is 9.20 Å². The smallest absolute Gasteiger partial charge is 0.253 e. The Bertz CT molecular complexity index is 940. The summed E-state index contributed by atoms with van der Waals surface area (Å²) in [7, 11) is 0. The van der Waals surface area contributed by atoms with Crippen LogP contribution in [0.25, 0.3) is 5.65 Å². The largest absolute Gasteiger partial charge is 0.338 e. The zero-order valence-electron chi connectivity index (χ0n) is 13.4. The fourth-order valence-corrected chi connectivity index (χ4v) is 3.32. The molecular weight excluding hydrogens is 326 g/mol. The number of halogens is 2. The lowest BCUT2D eigenvalue weighted by molar-refractivity contribution is 0.0703. The summed E-state index contributed by atoms with van der Waals surface area (Å²) >= 11 is 0. The molecule has 4 rings (SSSR count). The number of carbonyl (C=O) groups excluding carboxylic acids is 1. The molecule has 1 aromatic carbocycles. The minimum absolute atomic E-state index is 0.0559. The SMILES string of the molecule is O=C(c1ccc(F)c(F)c1)N1CCC[C@H](c2nnc3ccccn23)C1. The Balaban J connectivity index is 1.58. The van der Waals surface area contributed by atoms with E-state index in [1.165, 1.54) is 6.07 Å². The number of carbonyl (C=O) groups is 1. The highest BCUT2D eigenvalue weighted by Gasteiger charge is 2.28. The molecule has 0 aliphatic carbocycles. The second-order valence-corrected chi connectivity index (χ2v) is 6.21. The molecule has 25 heavy (non-hydrogen) atoms. The molecule has 1 aliphatic rings. The Morgan fingerprint density at radius 2 is 2.00 bits per heavy atom. The number of fused-ring (bicyclic) bond motifs is 1. The van der Waals surface area contributed by atoms with E-state index < -0.39 is 11.6 Å². The molecule has 0 radical (unpaired) electrons. The van der Waals surface area contributed by atoms with Crippen molar-refractivity contribution in [2.24, 2.45) is 0 Å². The number of hydrogen-bond donors (Lipinski definition) is 0.